The molecule has 1 saturated carbocycles. The van der Waals surface area contributed by atoms with Gasteiger partial charge < -0.3 is 4.74 Å². The van der Waals surface area contributed by atoms with Crippen LogP contribution in [-0.4, -0.2) is 12.4 Å². The van der Waals surface area contributed by atoms with Gasteiger partial charge in [-0.15, -0.1) is 0 Å². The molecule has 4 heteroatoms. The van der Waals surface area contributed by atoms with Crippen LogP contribution < -0.4 is 4.74 Å². The first-order valence-electron chi connectivity index (χ1n) is 6.76. The summed E-state index contributed by atoms with van der Waals surface area (Å²) in [5.41, 5.74) is 0.429. The van der Waals surface area contributed by atoms with E-state index in [1.807, 2.05) is 0 Å². The number of carbonyl (C=O) groups excluding carboxylic acids is 1. The quantitative estimate of drug-likeness (QED) is 0.719. The minimum Gasteiger partial charge on any atom is -0.488 e. The van der Waals surface area contributed by atoms with E-state index >= 15 is 0 Å². The van der Waals surface area contributed by atoms with Gasteiger partial charge in [0, 0.05) is 5.02 Å². The number of hydrogen-bond acceptors (Lipinski definition) is 2. The smallest absolute Gasteiger partial charge is 0.153 e. The summed E-state index contributed by atoms with van der Waals surface area (Å²) in [6.45, 7) is 2.18. The van der Waals surface area contributed by atoms with Gasteiger partial charge in [-0.3, -0.25) is 4.79 Å². The Balaban J connectivity index is 2.24. The van der Waals surface area contributed by atoms with Gasteiger partial charge in [0.15, 0.2) is 6.29 Å². The average Bonchev–Trinajstić information content (AvgIpc) is 2.42. The van der Waals surface area contributed by atoms with E-state index in [1.165, 1.54) is 19.3 Å². The Morgan fingerprint density at radius 3 is 2.74 bits per heavy atom. The fraction of sp³-hybridized carbons (Fsp3) is 0.533. The molecule has 1 aliphatic carbocycles. The summed E-state index contributed by atoms with van der Waals surface area (Å²) in [7, 11) is 0. The molecule has 2 nitrogen and oxygen atoms in total. The lowest BCUT2D eigenvalue weighted by Gasteiger charge is -2.31. The van der Waals surface area contributed by atoms with Gasteiger partial charge in [-0.25, -0.2) is 0 Å². The lowest BCUT2D eigenvalue weighted by molar-refractivity contribution is 0.0884. The first-order chi connectivity index (χ1) is 9.15. The highest BCUT2D eigenvalue weighted by Crippen LogP contribution is 2.36. The zero-order valence-corrected chi connectivity index (χ0v) is 12.5. The number of aldehydes is 1. The molecule has 0 N–H and O–H groups in total. The highest BCUT2D eigenvalue weighted by atomic mass is 35.5. The predicted molar refractivity (Wildman–Crippen MR) is 78.5 cm³/mol. The molecule has 2 atom stereocenters. The SMILES string of the molecule is CCC1CCCCC1Oc1c(Cl)cc(Cl)cc1C=O. The maximum Gasteiger partial charge on any atom is 0.153 e. The van der Waals surface area contributed by atoms with Crippen molar-refractivity contribution in [3.05, 3.63) is 27.7 Å². The van der Waals surface area contributed by atoms with Crippen LogP contribution in [0.3, 0.4) is 0 Å². The Labute approximate surface area is 124 Å². The van der Waals surface area contributed by atoms with Crippen LogP contribution >= 0.6 is 23.2 Å². The summed E-state index contributed by atoms with van der Waals surface area (Å²) in [5, 5.41) is 0.866. The first kappa shape index (κ1) is 14.7. The second kappa shape index (κ2) is 6.62. The molecule has 19 heavy (non-hydrogen) atoms. The lowest BCUT2D eigenvalue weighted by atomic mass is 9.84. The Kier molecular flexibility index (Phi) is 5.12. The molecule has 0 radical (unpaired) electrons. The van der Waals surface area contributed by atoms with Crippen molar-refractivity contribution < 1.29 is 9.53 Å². The molecule has 0 saturated heterocycles. The Hall–Kier alpha value is -0.730. The number of rotatable bonds is 4. The third-order valence-corrected chi connectivity index (χ3v) is 4.30. The van der Waals surface area contributed by atoms with E-state index in [9.17, 15) is 4.79 Å². The van der Waals surface area contributed by atoms with E-state index in [2.05, 4.69) is 6.92 Å². The van der Waals surface area contributed by atoms with Gasteiger partial charge in [0.1, 0.15) is 11.9 Å². The number of ether oxygens (including phenoxy) is 1. The fourth-order valence-corrected chi connectivity index (χ4v) is 3.29. The molecule has 1 aromatic rings. The molecule has 0 amide bonds. The Morgan fingerprint density at radius 2 is 2.05 bits per heavy atom. The third kappa shape index (κ3) is 3.43. The van der Waals surface area contributed by atoms with Crippen LogP contribution in [0.4, 0.5) is 0 Å². The van der Waals surface area contributed by atoms with Crippen molar-refractivity contribution in [2.75, 3.05) is 0 Å². The van der Waals surface area contributed by atoms with Crippen molar-refractivity contribution in [2.24, 2.45) is 5.92 Å². The first-order valence-corrected chi connectivity index (χ1v) is 7.52. The maximum absolute atomic E-state index is 11.1. The second-order valence-electron chi connectivity index (χ2n) is 5.03. The van der Waals surface area contributed by atoms with E-state index in [-0.39, 0.29) is 6.10 Å². The van der Waals surface area contributed by atoms with Crippen LogP contribution in [-0.2, 0) is 0 Å². The largest absolute Gasteiger partial charge is 0.488 e. The summed E-state index contributed by atoms with van der Waals surface area (Å²) >= 11 is 12.1. The van der Waals surface area contributed by atoms with Crippen molar-refractivity contribution >= 4 is 29.5 Å². The summed E-state index contributed by atoms with van der Waals surface area (Å²) < 4.78 is 6.04. The van der Waals surface area contributed by atoms with Gasteiger partial charge >= 0.3 is 0 Å². The minimum atomic E-state index is 0.149. The molecule has 0 heterocycles. The molecule has 1 fully saturated rings. The number of hydrogen-bond donors (Lipinski definition) is 0. The van der Waals surface area contributed by atoms with Crippen molar-refractivity contribution in [1.29, 1.82) is 0 Å². The van der Waals surface area contributed by atoms with Crippen molar-refractivity contribution in [3.8, 4) is 5.75 Å². The van der Waals surface area contributed by atoms with Crippen LogP contribution in [0.1, 0.15) is 49.4 Å². The number of benzene rings is 1. The lowest BCUT2D eigenvalue weighted by Crippen LogP contribution is -2.30. The topological polar surface area (TPSA) is 26.3 Å². The highest BCUT2D eigenvalue weighted by molar-refractivity contribution is 6.36. The van der Waals surface area contributed by atoms with Gasteiger partial charge in [-0.05, 0) is 43.7 Å². The summed E-state index contributed by atoms with van der Waals surface area (Å²) in [6.07, 6.45) is 6.62. The molecule has 0 aliphatic heterocycles. The molecule has 0 bridgehead atoms. The highest BCUT2D eigenvalue weighted by Gasteiger charge is 2.26. The molecule has 0 spiro atoms. The van der Waals surface area contributed by atoms with Gasteiger partial charge in [0.2, 0.25) is 0 Å². The van der Waals surface area contributed by atoms with Crippen molar-refractivity contribution in [2.45, 2.75) is 45.1 Å². The maximum atomic E-state index is 11.1. The molecule has 1 aromatic carbocycles. The van der Waals surface area contributed by atoms with E-state index in [0.717, 1.165) is 19.1 Å². The number of carbonyl (C=O) groups is 1. The molecule has 1 aliphatic rings. The van der Waals surface area contributed by atoms with Crippen LogP contribution in [0, 0.1) is 5.92 Å². The Bertz CT molecular complexity index is 460. The Morgan fingerprint density at radius 1 is 1.32 bits per heavy atom. The van der Waals surface area contributed by atoms with Gasteiger partial charge in [0.05, 0.1) is 10.6 Å². The molecular weight excluding hydrogens is 283 g/mol. The molecular formula is C15H18Cl2O2. The molecule has 0 aromatic heterocycles. The molecule has 2 unspecified atom stereocenters. The standard InChI is InChI=1S/C15H18Cl2O2/c1-2-10-5-3-4-6-14(10)19-15-11(9-18)7-12(16)8-13(15)17/h7-10,14H,2-6H2,1H3. The molecule has 2 rings (SSSR count). The van der Waals surface area contributed by atoms with E-state index in [0.29, 0.717) is 27.3 Å². The monoisotopic (exact) mass is 300 g/mol. The van der Waals surface area contributed by atoms with E-state index in [1.54, 1.807) is 12.1 Å². The third-order valence-electron chi connectivity index (χ3n) is 3.80. The number of halogens is 2. The summed E-state index contributed by atoms with van der Waals surface area (Å²) in [5.74, 6) is 1.02. The van der Waals surface area contributed by atoms with E-state index < -0.39 is 0 Å². The van der Waals surface area contributed by atoms with Crippen LogP contribution in [0.15, 0.2) is 12.1 Å². The summed E-state index contributed by atoms with van der Waals surface area (Å²) in [6, 6.07) is 3.22. The van der Waals surface area contributed by atoms with Crippen molar-refractivity contribution in [3.63, 3.8) is 0 Å². The van der Waals surface area contributed by atoms with Gasteiger partial charge in [-0.1, -0.05) is 36.5 Å². The van der Waals surface area contributed by atoms with Gasteiger partial charge in [-0.2, -0.15) is 0 Å². The average molecular weight is 301 g/mol. The zero-order chi connectivity index (χ0) is 13.8. The minimum absolute atomic E-state index is 0.149. The van der Waals surface area contributed by atoms with Crippen LogP contribution in [0.2, 0.25) is 10.0 Å². The summed E-state index contributed by atoms with van der Waals surface area (Å²) in [4.78, 5) is 11.1. The van der Waals surface area contributed by atoms with Crippen molar-refractivity contribution in [1.82, 2.24) is 0 Å². The fourth-order valence-electron chi connectivity index (χ4n) is 2.74. The van der Waals surface area contributed by atoms with Gasteiger partial charge in [0.25, 0.3) is 0 Å². The van der Waals surface area contributed by atoms with Crippen LogP contribution in [0.25, 0.3) is 0 Å². The second-order valence-corrected chi connectivity index (χ2v) is 5.88. The molecule has 104 valence electrons. The zero-order valence-electron chi connectivity index (χ0n) is 11.0. The van der Waals surface area contributed by atoms with Crippen LogP contribution in [0.5, 0.6) is 5.75 Å². The normalized spacial score (nSPS) is 23.1. The predicted octanol–water partition coefficient (Wildman–Crippen LogP) is 5.15. The van der Waals surface area contributed by atoms with E-state index in [4.69, 9.17) is 27.9 Å².